The lowest BCUT2D eigenvalue weighted by molar-refractivity contribution is -0.143. The average molecular weight is 631 g/mol. The van der Waals surface area contributed by atoms with Gasteiger partial charge < -0.3 is 14.4 Å². The maximum atomic E-state index is 13.7. The molecule has 3 aromatic carbocycles. The molecule has 0 saturated carbocycles. The van der Waals surface area contributed by atoms with Crippen molar-refractivity contribution in [3.05, 3.63) is 100 Å². The normalized spacial score (nSPS) is 15.9. The first-order valence-electron chi connectivity index (χ1n) is 12.9. The monoisotopic (exact) mass is 630 g/mol. The van der Waals surface area contributed by atoms with Crippen LogP contribution in [0.1, 0.15) is 43.0 Å². The lowest BCUT2D eigenvalue weighted by Gasteiger charge is -2.42. The van der Waals surface area contributed by atoms with Gasteiger partial charge in [-0.2, -0.15) is 26.3 Å². The molecule has 0 aromatic heterocycles. The number of piperazine rings is 1. The van der Waals surface area contributed by atoms with Crippen molar-refractivity contribution in [2.24, 2.45) is 0 Å². The number of ether oxygens (including phenoxy) is 2. The molecule has 0 aliphatic carbocycles. The molecule has 232 valence electrons. The summed E-state index contributed by atoms with van der Waals surface area (Å²) in [4.78, 5) is 29.3. The van der Waals surface area contributed by atoms with E-state index in [1.165, 1.54) is 25.2 Å². The van der Waals surface area contributed by atoms with Gasteiger partial charge in [0.15, 0.2) is 0 Å². The summed E-state index contributed by atoms with van der Waals surface area (Å²) in [7, 11) is 2.57. The first-order chi connectivity index (χ1) is 19.8. The molecule has 0 N–H and O–H groups in total. The van der Waals surface area contributed by atoms with E-state index in [4.69, 9.17) is 9.47 Å². The van der Waals surface area contributed by atoms with Gasteiger partial charge in [-0.15, -0.1) is 12.4 Å². The number of methoxy groups -OCH3 is 2. The van der Waals surface area contributed by atoms with E-state index in [-0.39, 0.29) is 49.3 Å². The van der Waals surface area contributed by atoms with Crippen LogP contribution in [0.4, 0.5) is 26.3 Å². The van der Waals surface area contributed by atoms with Crippen LogP contribution in [0.15, 0.2) is 66.7 Å². The number of halogens is 7. The maximum absolute atomic E-state index is 13.7. The predicted octanol–water partition coefficient (Wildman–Crippen LogP) is 6.51. The summed E-state index contributed by atoms with van der Waals surface area (Å²) in [6, 6.07) is 14.5. The Hall–Kier alpha value is -3.77. The quantitative estimate of drug-likeness (QED) is 0.220. The summed E-state index contributed by atoms with van der Waals surface area (Å²) in [5.41, 5.74) is -2.19. The number of carbonyl (C=O) groups excluding carboxylic acids is 2. The SMILES string of the molecule is COC(=O)c1cccc(C[C@@H]2CN(Cc3ccccc3)CCN2C(=O)c2cc(C(F)(F)F)cc(C(F)(F)F)c2)c1OC.Cl. The van der Waals surface area contributed by atoms with Crippen LogP contribution in [0, 0.1) is 0 Å². The molecule has 1 aliphatic heterocycles. The molecule has 13 heteroatoms. The minimum Gasteiger partial charge on any atom is -0.496 e. The standard InChI is InChI=1S/C30H28F6N2O4.ClH/c1-41-26-20(9-6-10-25(26)28(40)42-2)15-24-18-37(17-19-7-4-3-5-8-19)11-12-38(24)27(39)21-13-22(29(31,32)33)16-23(14-21)30(34,35)36;/h3-10,13-14,16,24H,11-12,15,17-18H2,1-2H3;1H/t24-;/m1./s1. The van der Waals surface area contributed by atoms with E-state index < -0.39 is 47.0 Å². The van der Waals surface area contributed by atoms with E-state index in [0.717, 1.165) is 5.56 Å². The van der Waals surface area contributed by atoms with E-state index in [0.29, 0.717) is 30.8 Å². The van der Waals surface area contributed by atoms with Crippen molar-refractivity contribution >= 4 is 24.3 Å². The first kappa shape index (κ1) is 33.7. The number of amides is 1. The lowest BCUT2D eigenvalue weighted by Crippen LogP contribution is -2.55. The Balaban J connectivity index is 0.00000506. The Morgan fingerprint density at radius 2 is 1.49 bits per heavy atom. The predicted molar refractivity (Wildman–Crippen MR) is 148 cm³/mol. The minimum absolute atomic E-state index is 0. The Bertz CT molecular complexity index is 1400. The van der Waals surface area contributed by atoms with Crippen molar-refractivity contribution < 1.29 is 45.4 Å². The number of rotatable bonds is 7. The van der Waals surface area contributed by atoms with Crippen LogP contribution >= 0.6 is 12.4 Å². The van der Waals surface area contributed by atoms with Crippen molar-refractivity contribution in [3.63, 3.8) is 0 Å². The molecule has 0 spiro atoms. The van der Waals surface area contributed by atoms with Gasteiger partial charge in [-0.3, -0.25) is 9.69 Å². The maximum Gasteiger partial charge on any atom is 0.416 e. The number of carbonyl (C=O) groups is 2. The molecule has 6 nitrogen and oxygen atoms in total. The van der Waals surface area contributed by atoms with E-state index in [1.54, 1.807) is 12.1 Å². The van der Waals surface area contributed by atoms with E-state index in [2.05, 4.69) is 0 Å². The Morgan fingerprint density at radius 1 is 0.860 bits per heavy atom. The fraction of sp³-hybridized carbons (Fsp3) is 0.333. The summed E-state index contributed by atoms with van der Waals surface area (Å²) in [6.07, 6.45) is -10.1. The zero-order chi connectivity index (χ0) is 30.7. The number of para-hydroxylation sites is 1. The third-order valence-electron chi connectivity index (χ3n) is 7.07. The Morgan fingerprint density at radius 3 is 2.05 bits per heavy atom. The molecule has 0 radical (unpaired) electrons. The Kier molecular flexibility index (Phi) is 10.7. The van der Waals surface area contributed by atoms with Gasteiger partial charge in [0.2, 0.25) is 0 Å². The molecular weight excluding hydrogens is 602 g/mol. The van der Waals surface area contributed by atoms with Crippen LogP contribution in [0.5, 0.6) is 5.75 Å². The molecule has 1 amide bonds. The van der Waals surface area contributed by atoms with Crippen molar-refractivity contribution in [1.82, 2.24) is 9.80 Å². The van der Waals surface area contributed by atoms with Gasteiger partial charge in [-0.05, 0) is 41.8 Å². The highest BCUT2D eigenvalue weighted by Gasteiger charge is 2.39. The summed E-state index contributed by atoms with van der Waals surface area (Å²) < 4.78 is 91.5. The Labute approximate surface area is 250 Å². The summed E-state index contributed by atoms with van der Waals surface area (Å²) in [5.74, 6) is -1.41. The molecule has 1 aliphatic rings. The van der Waals surface area contributed by atoms with Crippen molar-refractivity contribution in [2.45, 2.75) is 31.4 Å². The molecule has 1 saturated heterocycles. The van der Waals surface area contributed by atoms with Crippen molar-refractivity contribution in [1.29, 1.82) is 0 Å². The number of alkyl halides is 6. The third kappa shape index (κ3) is 7.99. The number of hydrogen-bond donors (Lipinski definition) is 0. The second kappa shape index (κ2) is 13.7. The van der Waals surface area contributed by atoms with Gasteiger partial charge in [-0.1, -0.05) is 42.5 Å². The summed E-state index contributed by atoms with van der Waals surface area (Å²) in [6.45, 7) is 1.16. The number of hydrogen-bond acceptors (Lipinski definition) is 5. The number of esters is 1. The largest absolute Gasteiger partial charge is 0.496 e. The zero-order valence-electron chi connectivity index (χ0n) is 23.2. The van der Waals surface area contributed by atoms with Crippen LogP contribution in [-0.2, 0) is 30.1 Å². The van der Waals surface area contributed by atoms with Gasteiger partial charge in [0.05, 0.1) is 25.3 Å². The third-order valence-corrected chi connectivity index (χ3v) is 7.07. The fourth-order valence-electron chi connectivity index (χ4n) is 5.10. The van der Waals surface area contributed by atoms with Gasteiger partial charge in [0, 0.05) is 37.8 Å². The highest BCUT2D eigenvalue weighted by molar-refractivity contribution is 5.95. The van der Waals surface area contributed by atoms with Crippen LogP contribution in [0.2, 0.25) is 0 Å². The van der Waals surface area contributed by atoms with Gasteiger partial charge in [0.25, 0.3) is 5.91 Å². The molecule has 1 fully saturated rings. The number of benzene rings is 3. The molecule has 4 rings (SSSR count). The van der Waals surface area contributed by atoms with E-state index >= 15 is 0 Å². The number of nitrogens with zero attached hydrogens (tertiary/aromatic N) is 2. The van der Waals surface area contributed by atoms with Crippen LogP contribution < -0.4 is 4.74 Å². The van der Waals surface area contributed by atoms with E-state index in [1.807, 2.05) is 35.2 Å². The van der Waals surface area contributed by atoms with Gasteiger partial charge in [0.1, 0.15) is 11.3 Å². The average Bonchev–Trinajstić information content (AvgIpc) is 2.96. The highest BCUT2D eigenvalue weighted by Crippen LogP contribution is 2.37. The summed E-state index contributed by atoms with van der Waals surface area (Å²) >= 11 is 0. The summed E-state index contributed by atoms with van der Waals surface area (Å²) in [5, 5.41) is 0. The molecule has 1 heterocycles. The van der Waals surface area contributed by atoms with Crippen molar-refractivity contribution in [2.75, 3.05) is 33.9 Å². The van der Waals surface area contributed by atoms with Gasteiger partial charge >= 0.3 is 18.3 Å². The second-order valence-corrected chi connectivity index (χ2v) is 9.86. The molecule has 43 heavy (non-hydrogen) atoms. The molecular formula is C30H29ClF6N2O4. The van der Waals surface area contributed by atoms with Gasteiger partial charge in [-0.25, -0.2) is 4.79 Å². The van der Waals surface area contributed by atoms with Crippen molar-refractivity contribution in [3.8, 4) is 5.75 Å². The topological polar surface area (TPSA) is 59.1 Å². The molecule has 0 bridgehead atoms. The smallest absolute Gasteiger partial charge is 0.416 e. The molecule has 1 atom stereocenters. The van der Waals surface area contributed by atoms with Crippen LogP contribution in [0.3, 0.4) is 0 Å². The first-order valence-corrected chi connectivity index (χ1v) is 12.9. The fourth-order valence-corrected chi connectivity index (χ4v) is 5.10. The highest BCUT2D eigenvalue weighted by atomic mass is 35.5. The minimum atomic E-state index is -5.09. The zero-order valence-corrected chi connectivity index (χ0v) is 24.0. The molecule has 0 unspecified atom stereocenters. The van der Waals surface area contributed by atoms with E-state index in [9.17, 15) is 35.9 Å². The van der Waals surface area contributed by atoms with Crippen LogP contribution in [0.25, 0.3) is 0 Å². The second-order valence-electron chi connectivity index (χ2n) is 9.86. The molecule has 3 aromatic rings. The lowest BCUT2D eigenvalue weighted by atomic mass is 9.97. The van der Waals surface area contributed by atoms with Crippen LogP contribution in [-0.4, -0.2) is 61.6 Å².